The maximum atomic E-state index is 12.2. The molecule has 0 unspecified atom stereocenters. The Morgan fingerprint density at radius 3 is 1.67 bits per heavy atom. The Morgan fingerprint density at radius 1 is 0.667 bits per heavy atom. The molecular formula is C27H28O8S. The van der Waals surface area contributed by atoms with E-state index in [2.05, 4.69) is 0 Å². The van der Waals surface area contributed by atoms with Crippen molar-refractivity contribution in [3.05, 3.63) is 108 Å². The van der Waals surface area contributed by atoms with E-state index in [-0.39, 0.29) is 26.4 Å². The Kier molecular flexibility index (Phi) is 8.08. The molecule has 190 valence electrons. The minimum atomic E-state index is -4.19. The van der Waals surface area contributed by atoms with Crippen LogP contribution in [0.4, 0.5) is 0 Å². The second-order valence-corrected chi connectivity index (χ2v) is 9.86. The predicted octanol–water partition coefficient (Wildman–Crippen LogP) is 3.76. The minimum Gasteiger partial charge on any atom is -0.368 e. The lowest BCUT2D eigenvalue weighted by Crippen LogP contribution is -2.63. The monoisotopic (exact) mass is 512 g/mol. The smallest absolute Gasteiger partial charge is 0.368 e. The zero-order valence-electron chi connectivity index (χ0n) is 19.5. The van der Waals surface area contributed by atoms with Crippen LogP contribution in [0.3, 0.4) is 0 Å². The summed E-state index contributed by atoms with van der Waals surface area (Å²) in [4.78, 5) is 0. The SMILES string of the molecule is O=S1(=O)OC[C@H]2O[C@@H](OCc3ccccc3)[C@H](OCc3ccccc3)[C@@H](OCc3ccccc3)[C@H]2O1. The van der Waals surface area contributed by atoms with E-state index in [4.69, 9.17) is 27.3 Å². The molecule has 0 amide bonds. The van der Waals surface area contributed by atoms with E-state index in [0.717, 1.165) is 16.7 Å². The van der Waals surface area contributed by atoms with Gasteiger partial charge in [-0.15, -0.1) is 0 Å². The highest BCUT2D eigenvalue weighted by atomic mass is 32.3. The highest BCUT2D eigenvalue weighted by molar-refractivity contribution is 7.81. The molecule has 2 aliphatic heterocycles. The normalized spacial score (nSPS) is 27.3. The van der Waals surface area contributed by atoms with E-state index in [1.165, 1.54) is 0 Å². The van der Waals surface area contributed by atoms with Crippen LogP contribution in [-0.2, 0) is 57.5 Å². The van der Waals surface area contributed by atoms with E-state index < -0.39 is 41.1 Å². The summed E-state index contributed by atoms with van der Waals surface area (Å²) < 4.78 is 59.5. The molecule has 2 aliphatic rings. The molecule has 9 heteroatoms. The Hall–Kier alpha value is -2.63. The Labute approximate surface area is 211 Å². The van der Waals surface area contributed by atoms with E-state index >= 15 is 0 Å². The zero-order chi connectivity index (χ0) is 24.8. The van der Waals surface area contributed by atoms with E-state index in [0.29, 0.717) is 0 Å². The highest BCUT2D eigenvalue weighted by Crippen LogP contribution is 2.34. The standard InChI is InChI=1S/C27H28O8S/c28-36(29)33-19-23-24(35-36)25(30-16-20-10-4-1-5-11-20)26(31-17-21-12-6-2-7-13-21)27(34-23)32-18-22-14-8-3-9-15-22/h1-15,23-27H,16-19H2/t23-,24+,25+,26-,27-/m1/s1. The lowest BCUT2D eigenvalue weighted by atomic mass is 9.98. The number of hydrogen-bond acceptors (Lipinski definition) is 8. The van der Waals surface area contributed by atoms with Crippen molar-refractivity contribution in [2.24, 2.45) is 0 Å². The van der Waals surface area contributed by atoms with Crippen LogP contribution in [0.2, 0.25) is 0 Å². The molecule has 0 aromatic heterocycles. The van der Waals surface area contributed by atoms with Crippen LogP contribution < -0.4 is 0 Å². The second kappa shape index (κ2) is 11.6. The molecule has 0 radical (unpaired) electrons. The molecule has 5 rings (SSSR count). The fraction of sp³-hybridized carbons (Fsp3) is 0.333. The van der Waals surface area contributed by atoms with Gasteiger partial charge in [0.05, 0.1) is 26.4 Å². The molecule has 36 heavy (non-hydrogen) atoms. The summed E-state index contributed by atoms with van der Waals surface area (Å²) in [5.74, 6) is 0. The molecule has 0 aliphatic carbocycles. The Balaban J connectivity index is 1.41. The van der Waals surface area contributed by atoms with Crippen LogP contribution in [0.25, 0.3) is 0 Å². The number of rotatable bonds is 9. The van der Waals surface area contributed by atoms with E-state index in [9.17, 15) is 8.42 Å². The van der Waals surface area contributed by atoms with E-state index in [1.54, 1.807) is 0 Å². The first-order valence-electron chi connectivity index (χ1n) is 11.8. The molecule has 2 fully saturated rings. The molecule has 3 aromatic rings. The first-order valence-corrected chi connectivity index (χ1v) is 13.1. The highest BCUT2D eigenvalue weighted by Gasteiger charge is 2.53. The Morgan fingerprint density at radius 2 is 1.14 bits per heavy atom. The fourth-order valence-corrected chi connectivity index (χ4v) is 5.09. The van der Waals surface area contributed by atoms with Crippen molar-refractivity contribution in [1.82, 2.24) is 0 Å². The molecule has 8 nitrogen and oxygen atoms in total. The van der Waals surface area contributed by atoms with Crippen LogP contribution in [0.5, 0.6) is 0 Å². The van der Waals surface area contributed by atoms with Gasteiger partial charge in [0.1, 0.15) is 24.4 Å². The minimum absolute atomic E-state index is 0.200. The fourth-order valence-electron chi connectivity index (χ4n) is 4.23. The van der Waals surface area contributed by atoms with Gasteiger partial charge in [-0.3, -0.25) is 0 Å². The van der Waals surface area contributed by atoms with Crippen molar-refractivity contribution in [2.45, 2.75) is 50.5 Å². The van der Waals surface area contributed by atoms with Crippen LogP contribution in [0.1, 0.15) is 16.7 Å². The maximum Gasteiger partial charge on any atom is 0.400 e. The van der Waals surface area contributed by atoms with Crippen LogP contribution in [0.15, 0.2) is 91.0 Å². The quantitative estimate of drug-likeness (QED) is 0.428. The number of hydrogen-bond donors (Lipinski definition) is 0. The van der Waals surface area contributed by atoms with Gasteiger partial charge in [0, 0.05) is 0 Å². The van der Waals surface area contributed by atoms with Gasteiger partial charge in [-0.1, -0.05) is 91.0 Å². The average molecular weight is 513 g/mol. The summed E-state index contributed by atoms with van der Waals surface area (Å²) in [7, 11) is -4.19. The predicted molar refractivity (Wildman–Crippen MR) is 130 cm³/mol. The summed E-state index contributed by atoms with van der Waals surface area (Å²) in [6.45, 7) is 0.565. The second-order valence-electron chi connectivity index (χ2n) is 8.62. The topological polar surface area (TPSA) is 89.5 Å². The molecule has 2 saturated heterocycles. The van der Waals surface area contributed by atoms with Crippen molar-refractivity contribution in [3.63, 3.8) is 0 Å². The maximum absolute atomic E-state index is 12.2. The van der Waals surface area contributed by atoms with Crippen LogP contribution in [-0.4, -0.2) is 45.7 Å². The van der Waals surface area contributed by atoms with Crippen molar-refractivity contribution >= 4 is 10.4 Å². The number of ether oxygens (including phenoxy) is 4. The van der Waals surface area contributed by atoms with Gasteiger partial charge < -0.3 is 18.9 Å². The number of fused-ring (bicyclic) bond motifs is 1. The van der Waals surface area contributed by atoms with Gasteiger partial charge >= 0.3 is 10.4 Å². The third kappa shape index (κ3) is 6.37. The first-order chi connectivity index (χ1) is 17.6. The van der Waals surface area contributed by atoms with Crippen LogP contribution >= 0.6 is 0 Å². The third-order valence-electron chi connectivity index (χ3n) is 6.02. The average Bonchev–Trinajstić information content (AvgIpc) is 2.91. The van der Waals surface area contributed by atoms with Gasteiger partial charge in [0.15, 0.2) is 6.29 Å². The summed E-state index contributed by atoms with van der Waals surface area (Å²) in [6.07, 6.45) is -4.08. The lowest BCUT2D eigenvalue weighted by molar-refractivity contribution is -0.322. The van der Waals surface area contributed by atoms with E-state index in [1.807, 2.05) is 91.0 Å². The summed E-state index contributed by atoms with van der Waals surface area (Å²) in [6, 6.07) is 29.0. The molecule has 0 N–H and O–H groups in total. The summed E-state index contributed by atoms with van der Waals surface area (Å²) >= 11 is 0. The van der Waals surface area contributed by atoms with Gasteiger partial charge in [-0.25, -0.2) is 8.37 Å². The largest absolute Gasteiger partial charge is 0.400 e. The molecule has 0 saturated carbocycles. The lowest BCUT2D eigenvalue weighted by Gasteiger charge is -2.46. The first kappa shape index (κ1) is 25.0. The summed E-state index contributed by atoms with van der Waals surface area (Å²) in [5, 5.41) is 0. The van der Waals surface area contributed by atoms with Gasteiger partial charge in [-0.2, -0.15) is 8.42 Å². The molecule has 2 heterocycles. The van der Waals surface area contributed by atoms with Crippen LogP contribution in [0, 0.1) is 0 Å². The molecule has 0 spiro atoms. The number of benzene rings is 3. The Bertz CT molecular complexity index is 1190. The zero-order valence-corrected chi connectivity index (χ0v) is 20.4. The van der Waals surface area contributed by atoms with Crippen molar-refractivity contribution in [3.8, 4) is 0 Å². The van der Waals surface area contributed by atoms with Crippen molar-refractivity contribution < 1.29 is 35.7 Å². The molecule has 5 atom stereocenters. The molecule has 3 aromatic carbocycles. The van der Waals surface area contributed by atoms with Gasteiger partial charge in [-0.05, 0) is 16.7 Å². The van der Waals surface area contributed by atoms with Gasteiger partial charge in [0.25, 0.3) is 0 Å². The molecule has 0 bridgehead atoms. The summed E-state index contributed by atoms with van der Waals surface area (Å²) in [5.41, 5.74) is 2.84. The third-order valence-corrected chi connectivity index (χ3v) is 6.91. The van der Waals surface area contributed by atoms with Gasteiger partial charge in [0.2, 0.25) is 0 Å². The molecular weight excluding hydrogens is 484 g/mol. The van der Waals surface area contributed by atoms with Crippen molar-refractivity contribution in [2.75, 3.05) is 6.61 Å². The van der Waals surface area contributed by atoms with Crippen molar-refractivity contribution in [1.29, 1.82) is 0 Å².